The summed E-state index contributed by atoms with van der Waals surface area (Å²) in [5.41, 5.74) is 0.622. The van der Waals surface area contributed by atoms with Gasteiger partial charge in [-0.1, -0.05) is 37.6 Å². The van der Waals surface area contributed by atoms with Gasteiger partial charge in [0, 0.05) is 47.9 Å². The number of aliphatic hydroxyl groups is 1. The van der Waals surface area contributed by atoms with Gasteiger partial charge < -0.3 is 19.7 Å². The standard InChI is InChI=1S/C25H29ClFN3O3/c1-14-12-30(23(31)33-24(3,4)5)13-15(2)25(14,32)18-7-6-16(10-19(18)26)17-8-9-28-22-21(17)20(27)11-29-22/h6-11,14-15,32H,12-13H2,1-5H3,(H,28,29)/t14-,15+,25?. The maximum Gasteiger partial charge on any atom is 0.410 e. The Hall–Kier alpha value is -2.64. The lowest BCUT2D eigenvalue weighted by atomic mass is 9.70. The maximum atomic E-state index is 14.3. The van der Waals surface area contributed by atoms with Crippen molar-refractivity contribution >= 4 is 28.7 Å². The topological polar surface area (TPSA) is 78.5 Å². The van der Waals surface area contributed by atoms with Crippen LogP contribution < -0.4 is 0 Å². The highest BCUT2D eigenvalue weighted by Gasteiger charge is 2.48. The van der Waals surface area contributed by atoms with Crippen molar-refractivity contribution in [3.8, 4) is 11.1 Å². The number of ether oxygens (including phenoxy) is 1. The number of carbonyl (C=O) groups excluding carboxylic acids is 1. The van der Waals surface area contributed by atoms with Crippen LogP contribution in [0.15, 0.2) is 36.7 Å². The maximum absolute atomic E-state index is 14.3. The van der Waals surface area contributed by atoms with Crippen molar-refractivity contribution in [2.24, 2.45) is 11.8 Å². The zero-order chi connectivity index (χ0) is 24.1. The second-order valence-electron chi connectivity index (χ2n) is 9.93. The van der Waals surface area contributed by atoms with Gasteiger partial charge in [0.2, 0.25) is 0 Å². The second-order valence-corrected chi connectivity index (χ2v) is 10.3. The van der Waals surface area contributed by atoms with Gasteiger partial charge in [-0.15, -0.1) is 0 Å². The molecule has 0 radical (unpaired) electrons. The molecule has 3 aromatic rings. The van der Waals surface area contributed by atoms with E-state index >= 15 is 0 Å². The van der Waals surface area contributed by atoms with Gasteiger partial charge in [-0.25, -0.2) is 14.2 Å². The van der Waals surface area contributed by atoms with E-state index in [0.717, 1.165) is 5.56 Å². The van der Waals surface area contributed by atoms with Crippen LogP contribution in [0.3, 0.4) is 0 Å². The molecule has 6 nitrogen and oxygen atoms in total. The minimum absolute atomic E-state index is 0.285. The van der Waals surface area contributed by atoms with Crippen LogP contribution >= 0.6 is 11.6 Å². The number of H-pyrrole nitrogens is 1. The van der Waals surface area contributed by atoms with Crippen molar-refractivity contribution in [3.63, 3.8) is 0 Å². The van der Waals surface area contributed by atoms with Crippen molar-refractivity contribution in [2.75, 3.05) is 13.1 Å². The molecule has 1 aliphatic rings. The SMILES string of the molecule is C[C@@H]1CN(C(=O)OC(C)(C)C)C[C@H](C)C1(O)c1ccc(-c2ccnc3[nH]cc(F)c23)cc1Cl. The summed E-state index contributed by atoms with van der Waals surface area (Å²) in [5.74, 6) is -0.956. The predicted octanol–water partition coefficient (Wildman–Crippen LogP) is 5.73. The number of rotatable bonds is 2. The lowest BCUT2D eigenvalue weighted by Gasteiger charge is -2.48. The number of piperidine rings is 1. The Bertz CT molecular complexity index is 1190. The molecule has 1 aromatic carbocycles. The molecule has 3 atom stereocenters. The number of nitrogens with zero attached hydrogens (tertiary/aromatic N) is 2. The van der Waals surface area contributed by atoms with Crippen LogP contribution in [0.1, 0.15) is 40.2 Å². The lowest BCUT2D eigenvalue weighted by molar-refractivity contribution is -0.111. The summed E-state index contributed by atoms with van der Waals surface area (Å²) < 4.78 is 19.9. The van der Waals surface area contributed by atoms with Crippen molar-refractivity contribution < 1.29 is 19.0 Å². The van der Waals surface area contributed by atoms with Crippen LogP contribution in [0.2, 0.25) is 5.02 Å². The monoisotopic (exact) mass is 473 g/mol. The van der Waals surface area contributed by atoms with E-state index in [2.05, 4.69) is 9.97 Å². The second kappa shape index (κ2) is 8.29. The number of hydrogen-bond donors (Lipinski definition) is 2. The van der Waals surface area contributed by atoms with Crippen LogP contribution in [0.4, 0.5) is 9.18 Å². The molecule has 2 aromatic heterocycles. The summed E-state index contributed by atoms with van der Waals surface area (Å²) in [5, 5.41) is 12.6. The molecule has 0 saturated carbocycles. The van der Waals surface area contributed by atoms with Gasteiger partial charge in [0.1, 0.15) is 11.2 Å². The van der Waals surface area contributed by atoms with Gasteiger partial charge in [-0.05, 0) is 44.0 Å². The largest absolute Gasteiger partial charge is 0.444 e. The summed E-state index contributed by atoms with van der Waals surface area (Å²) >= 11 is 6.70. The van der Waals surface area contributed by atoms with Gasteiger partial charge >= 0.3 is 6.09 Å². The number of pyridine rings is 1. The predicted molar refractivity (Wildman–Crippen MR) is 127 cm³/mol. The molecular weight excluding hydrogens is 445 g/mol. The highest BCUT2D eigenvalue weighted by molar-refractivity contribution is 6.31. The van der Waals surface area contributed by atoms with E-state index < -0.39 is 11.2 Å². The fraction of sp³-hybridized carbons (Fsp3) is 0.440. The number of aromatic amines is 1. The number of halogens is 2. The molecule has 1 amide bonds. The molecule has 8 heteroatoms. The first-order chi connectivity index (χ1) is 15.4. The molecule has 1 fully saturated rings. The first-order valence-corrected chi connectivity index (χ1v) is 11.4. The Morgan fingerprint density at radius 2 is 1.94 bits per heavy atom. The van der Waals surface area contributed by atoms with Crippen LogP contribution in [-0.4, -0.2) is 44.8 Å². The summed E-state index contributed by atoms with van der Waals surface area (Å²) in [6.45, 7) is 9.97. The Labute approximate surface area is 197 Å². The first kappa shape index (κ1) is 23.5. The molecule has 0 bridgehead atoms. The average molecular weight is 474 g/mol. The number of amides is 1. The van der Waals surface area contributed by atoms with Gasteiger partial charge in [-0.2, -0.15) is 0 Å². The van der Waals surface area contributed by atoms with Crippen LogP contribution in [0, 0.1) is 17.7 Å². The number of likely N-dealkylation sites (tertiary alicyclic amines) is 1. The number of nitrogens with one attached hydrogen (secondary N) is 1. The number of benzene rings is 1. The van der Waals surface area contributed by atoms with Gasteiger partial charge in [0.25, 0.3) is 0 Å². The zero-order valence-corrected chi connectivity index (χ0v) is 20.2. The van der Waals surface area contributed by atoms with E-state index in [1.54, 1.807) is 29.3 Å². The molecule has 176 valence electrons. The Morgan fingerprint density at radius 1 is 1.27 bits per heavy atom. The molecule has 33 heavy (non-hydrogen) atoms. The van der Waals surface area contributed by atoms with Crippen LogP contribution in [0.25, 0.3) is 22.2 Å². The van der Waals surface area contributed by atoms with E-state index in [-0.39, 0.29) is 23.7 Å². The van der Waals surface area contributed by atoms with E-state index in [1.807, 2.05) is 40.7 Å². The smallest absolute Gasteiger partial charge is 0.410 e. The van der Waals surface area contributed by atoms with E-state index in [1.165, 1.54) is 6.20 Å². The summed E-state index contributed by atoms with van der Waals surface area (Å²) in [7, 11) is 0. The van der Waals surface area contributed by atoms with Crippen LogP contribution in [0.5, 0.6) is 0 Å². The van der Waals surface area contributed by atoms with Gasteiger partial charge in [0.05, 0.1) is 11.0 Å². The zero-order valence-electron chi connectivity index (χ0n) is 19.4. The van der Waals surface area contributed by atoms with Gasteiger partial charge in [0.15, 0.2) is 5.82 Å². The average Bonchev–Trinajstić information content (AvgIpc) is 3.11. The quantitative estimate of drug-likeness (QED) is 0.498. The molecule has 0 aliphatic carbocycles. The summed E-state index contributed by atoms with van der Waals surface area (Å²) in [6, 6.07) is 7.12. The lowest BCUT2D eigenvalue weighted by Crippen LogP contribution is -2.56. The van der Waals surface area contributed by atoms with Crippen molar-refractivity contribution in [1.29, 1.82) is 0 Å². The normalized spacial score (nSPS) is 23.7. The van der Waals surface area contributed by atoms with E-state index in [9.17, 15) is 14.3 Å². The third-order valence-corrected chi connectivity index (χ3v) is 6.69. The minimum atomic E-state index is -1.24. The Balaban J connectivity index is 1.65. The summed E-state index contributed by atoms with van der Waals surface area (Å²) in [6.07, 6.45) is 2.50. The fourth-order valence-electron chi connectivity index (χ4n) is 4.77. The number of aromatic nitrogens is 2. The van der Waals surface area contributed by atoms with Gasteiger partial charge in [-0.3, -0.25) is 0 Å². The third kappa shape index (κ3) is 4.20. The highest BCUT2D eigenvalue weighted by Crippen LogP contribution is 2.45. The van der Waals surface area contributed by atoms with E-state index in [0.29, 0.717) is 40.3 Å². The Kier molecular flexibility index (Phi) is 5.91. The van der Waals surface area contributed by atoms with Crippen molar-refractivity contribution in [3.05, 3.63) is 53.1 Å². The molecule has 4 rings (SSSR count). The molecule has 3 heterocycles. The summed E-state index contributed by atoms with van der Waals surface area (Å²) in [4.78, 5) is 21.2. The molecule has 1 unspecified atom stereocenters. The number of hydrogen-bond acceptors (Lipinski definition) is 4. The number of fused-ring (bicyclic) bond motifs is 1. The number of carbonyl (C=O) groups is 1. The molecule has 0 spiro atoms. The molecule has 1 aliphatic heterocycles. The highest BCUT2D eigenvalue weighted by atomic mass is 35.5. The van der Waals surface area contributed by atoms with Crippen molar-refractivity contribution in [1.82, 2.24) is 14.9 Å². The third-order valence-electron chi connectivity index (χ3n) is 6.38. The minimum Gasteiger partial charge on any atom is -0.444 e. The molecule has 1 saturated heterocycles. The Morgan fingerprint density at radius 3 is 2.55 bits per heavy atom. The first-order valence-electron chi connectivity index (χ1n) is 11.0. The van der Waals surface area contributed by atoms with Crippen molar-refractivity contribution in [2.45, 2.75) is 45.8 Å². The van der Waals surface area contributed by atoms with Crippen LogP contribution in [-0.2, 0) is 10.3 Å². The molecular formula is C25H29ClFN3O3. The van der Waals surface area contributed by atoms with E-state index in [4.69, 9.17) is 16.3 Å². The molecule has 2 N–H and O–H groups in total. The fourth-order valence-corrected chi connectivity index (χ4v) is 5.10.